The summed E-state index contributed by atoms with van der Waals surface area (Å²) in [4.78, 5) is 7.78. The molecule has 0 spiro atoms. The predicted molar refractivity (Wildman–Crippen MR) is 232 cm³/mol. The van der Waals surface area contributed by atoms with Crippen LogP contribution < -0.4 is 31.1 Å². The third kappa shape index (κ3) is 6.07. The fraction of sp³-hybridized carbons (Fsp3) is 0.388. The van der Waals surface area contributed by atoms with E-state index in [-0.39, 0.29) is 23.0 Å². The minimum atomic E-state index is 0.0207. The van der Waals surface area contributed by atoms with Crippen molar-refractivity contribution in [2.75, 3.05) is 14.7 Å². The van der Waals surface area contributed by atoms with Crippen LogP contribution in [-0.2, 0) is 16.2 Å². The molecule has 53 heavy (non-hydrogen) atoms. The van der Waals surface area contributed by atoms with E-state index in [1.165, 1.54) is 92.2 Å². The summed E-state index contributed by atoms with van der Waals surface area (Å²) in [7, 11) is 0. The van der Waals surface area contributed by atoms with Crippen LogP contribution in [0.2, 0.25) is 0 Å². The van der Waals surface area contributed by atoms with E-state index in [0.29, 0.717) is 12.1 Å². The number of benzene rings is 5. The van der Waals surface area contributed by atoms with Crippen LogP contribution in [0, 0.1) is 0 Å². The van der Waals surface area contributed by atoms with E-state index in [0.717, 1.165) is 0 Å². The van der Waals surface area contributed by atoms with Crippen LogP contribution in [0.1, 0.15) is 112 Å². The molecule has 2 unspecified atom stereocenters. The second-order valence-electron chi connectivity index (χ2n) is 19.2. The van der Waals surface area contributed by atoms with E-state index in [1.54, 1.807) is 0 Å². The molecule has 3 aliphatic heterocycles. The zero-order valence-corrected chi connectivity index (χ0v) is 34.0. The minimum absolute atomic E-state index is 0.0207. The van der Waals surface area contributed by atoms with Crippen molar-refractivity contribution in [3.63, 3.8) is 0 Å². The van der Waals surface area contributed by atoms with Gasteiger partial charge in [-0.1, -0.05) is 105 Å². The first kappa shape index (κ1) is 35.6. The van der Waals surface area contributed by atoms with Crippen LogP contribution in [0.25, 0.3) is 0 Å². The summed E-state index contributed by atoms with van der Waals surface area (Å²) in [6, 6.07) is 41.4. The molecular formula is C49H58BN3. The second-order valence-corrected chi connectivity index (χ2v) is 19.2. The zero-order valence-electron chi connectivity index (χ0n) is 34.0. The molecule has 3 heterocycles. The highest BCUT2D eigenvalue weighted by molar-refractivity contribution is 7.00. The summed E-state index contributed by atoms with van der Waals surface area (Å²) in [6.07, 6.45) is 3.78. The quantitative estimate of drug-likeness (QED) is 0.170. The summed E-state index contributed by atoms with van der Waals surface area (Å²) in [5.74, 6) is 0. The molecule has 272 valence electrons. The lowest BCUT2D eigenvalue weighted by Crippen LogP contribution is -2.61. The van der Waals surface area contributed by atoms with Gasteiger partial charge in [0.25, 0.3) is 6.71 Å². The van der Waals surface area contributed by atoms with Gasteiger partial charge in [0, 0.05) is 51.9 Å². The molecule has 0 aliphatic carbocycles. The molecular weight excluding hydrogens is 641 g/mol. The van der Waals surface area contributed by atoms with Crippen LogP contribution in [0.5, 0.6) is 0 Å². The van der Waals surface area contributed by atoms with Crippen LogP contribution in [-0.4, -0.2) is 18.8 Å². The first-order chi connectivity index (χ1) is 25.0. The minimum Gasteiger partial charge on any atom is -0.366 e. The Labute approximate surface area is 320 Å². The fourth-order valence-electron chi connectivity index (χ4n) is 9.27. The molecule has 1 fully saturated rings. The number of rotatable bonds is 3. The van der Waals surface area contributed by atoms with Gasteiger partial charge in [0.1, 0.15) is 0 Å². The maximum absolute atomic E-state index is 2.70. The molecule has 0 aromatic heterocycles. The topological polar surface area (TPSA) is 9.72 Å². The molecule has 2 atom stereocenters. The number of piperidine rings is 1. The highest BCUT2D eigenvalue weighted by atomic mass is 15.2. The standard InChI is InChI=1S/C49H58BN3/c1-32-14-12-15-33(2)51(32)39-27-29-43-41(31-39)50-40-30-36(49(9,10)11)22-28-42(40)52(37-23-18-34(19-24-37)47(3,4)5)44-16-13-17-45(46(44)50)53(43)38-25-20-35(21-26-38)48(6,7)8/h13,16-33H,12,14-15H2,1-11H3. The molecule has 4 heteroatoms. The van der Waals surface area contributed by atoms with Gasteiger partial charge in [-0.15, -0.1) is 0 Å². The largest absolute Gasteiger partial charge is 0.366 e. The smallest absolute Gasteiger partial charge is 0.252 e. The van der Waals surface area contributed by atoms with Crippen LogP contribution in [0.4, 0.5) is 39.8 Å². The van der Waals surface area contributed by atoms with Gasteiger partial charge in [-0.25, -0.2) is 0 Å². The van der Waals surface area contributed by atoms with Crippen molar-refractivity contribution < 1.29 is 0 Å². The summed E-state index contributed by atoms with van der Waals surface area (Å²) < 4.78 is 0. The summed E-state index contributed by atoms with van der Waals surface area (Å²) in [6.45, 7) is 25.7. The van der Waals surface area contributed by atoms with Gasteiger partial charge in [-0.3, -0.25) is 0 Å². The number of hydrogen-bond acceptors (Lipinski definition) is 3. The number of anilines is 7. The van der Waals surface area contributed by atoms with Crippen molar-refractivity contribution in [1.82, 2.24) is 0 Å². The molecule has 3 aliphatic rings. The Morgan fingerprint density at radius 2 is 0.887 bits per heavy atom. The van der Waals surface area contributed by atoms with E-state index in [1.807, 2.05) is 0 Å². The van der Waals surface area contributed by atoms with Gasteiger partial charge >= 0.3 is 0 Å². The molecule has 0 amide bonds. The first-order valence-corrected chi connectivity index (χ1v) is 20.0. The average molecular weight is 700 g/mol. The molecule has 5 aromatic carbocycles. The van der Waals surface area contributed by atoms with E-state index in [4.69, 9.17) is 0 Å². The van der Waals surface area contributed by atoms with Crippen molar-refractivity contribution >= 4 is 62.9 Å². The monoisotopic (exact) mass is 699 g/mol. The molecule has 5 aromatic rings. The van der Waals surface area contributed by atoms with Gasteiger partial charge in [0.05, 0.1) is 0 Å². The molecule has 8 rings (SSSR count). The summed E-state index contributed by atoms with van der Waals surface area (Å²) in [5.41, 5.74) is 17.3. The summed E-state index contributed by atoms with van der Waals surface area (Å²) >= 11 is 0. The molecule has 0 saturated carbocycles. The molecule has 0 N–H and O–H groups in total. The van der Waals surface area contributed by atoms with E-state index < -0.39 is 0 Å². The van der Waals surface area contributed by atoms with Crippen molar-refractivity contribution in [3.05, 3.63) is 120 Å². The zero-order chi connectivity index (χ0) is 37.6. The summed E-state index contributed by atoms with van der Waals surface area (Å²) in [5, 5.41) is 0. The van der Waals surface area contributed by atoms with Crippen molar-refractivity contribution in [3.8, 4) is 0 Å². The lowest BCUT2D eigenvalue weighted by atomic mass is 9.33. The van der Waals surface area contributed by atoms with E-state index in [9.17, 15) is 0 Å². The normalized spacial score (nSPS) is 18.5. The Balaban J connectivity index is 1.41. The van der Waals surface area contributed by atoms with Gasteiger partial charge < -0.3 is 14.7 Å². The Kier molecular flexibility index (Phi) is 8.44. The fourth-order valence-corrected chi connectivity index (χ4v) is 9.27. The highest BCUT2D eigenvalue weighted by Gasteiger charge is 2.44. The third-order valence-corrected chi connectivity index (χ3v) is 12.3. The number of fused-ring (bicyclic) bond motifs is 4. The first-order valence-electron chi connectivity index (χ1n) is 20.0. The number of nitrogens with zero attached hydrogens (tertiary/aromatic N) is 3. The molecule has 0 bridgehead atoms. The Morgan fingerprint density at radius 3 is 1.36 bits per heavy atom. The molecule has 1 saturated heterocycles. The molecule has 3 nitrogen and oxygen atoms in total. The maximum Gasteiger partial charge on any atom is 0.252 e. The lowest BCUT2D eigenvalue weighted by Gasteiger charge is -2.46. The van der Waals surface area contributed by atoms with Crippen LogP contribution in [0.3, 0.4) is 0 Å². The van der Waals surface area contributed by atoms with Crippen molar-refractivity contribution in [1.29, 1.82) is 0 Å². The van der Waals surface area contributed by atoms with Crippen LogP contribution >= 0.6 is 0 Å². The second kappa shape index (κ2) is 12.6. The van der Waals surface area contributed by atoms with Gasteiger partial charge in [-0.05, 0) is 143 Å². The van der Waals surface area contributed by atoms with Gasteiger partial charge in [0.2, 0.25) is 0 Å². The highest BCUT2D eigenvalue weighted by Crippen LogP contribution is 2.45. The van der Waals surface area contributed by atoms with E-state index >= 15 is 0 Å². The van der Waals surface area contributed by atoms with Crippen molar-refractivity contribution in [2.45, 2.75) is 124 Å². The molecule has 0 radical (unpaired) electrons. The Hall–Kier alpha value is -4.44. The van der Waals surface area contributed by atoms with Crippen molar-refractivity contribution in [2.24, 2.45) is 0 Å². The lowest BCUT2D eigenvalue weighted by molar-refractivity contribution is 0.414. The number of hydrogen-bond donors (Lipinski definition) is 0. The average Bonchev–Trinajstić information content (AvgIpc) is 3.10. The van der Waals surface area contributed by atoms with Crippen LogP contribution in [0.15, 0.2) is 103 Å². The predicted octanol–water partition coefficient (Wildman–Crippen LogP) is 11.4. The van der Waals surface area contributed by atoms with Gasteiger partial charge in [-0.2, -0.15) is 0 Å². The Bertz CT molecular complexity index is 2140. The third-order valence-electron chi connectivity index (χ3n) is 12.3. The SMILES string of the molecule is CC1CCCC(C)N1c1ccc2c(c1)B1c3cc(C(C)(C)C)ccc3N(c3ccc(C(C)(C)C)cc3)c3cccc(c31)N2c1ccc(C(C)(C)C)cc1. The van der Waals surface area contributed by atoms with E-state index in [2.05, 4.69) is 194 Å². The van der Waals surface area contributed by atoms with Gasteiger partial charge in [0.15, 0.2) is 0 Å². The Morgan fingerprint density at radius 1 is 0.472 bits per heavy atom. The maximum atomic E-state index is 2.70.